The van der Waals surface area contributed by atoms with Crippen molar-refractivity contribution >= 4 is 11.9 Å². The maximum atomic E-state index is 11.6. The highest BCUT2D eigenvalue weighted by Crippen LogP contribution is 2.33. The van der Waals surface area contributed by atoms with E-state index in [9.17, 15) is 14.7 Å². The molecule has 2 N–H and O–H groups in total. The number of nitrogens with zero attached hydrogens (tertiary/aromatic N) is 1. The van der Waals surface area contributed by atoms with Gasteiger partial charge in [-0.2, -0.15) is 0 Å². The molecule has 3 atom stereocenters. The molecule has 22 heavy (non-hydrogen) atoms. The minimum atomic E-state index is -0.823. The lowest BCUT2D eigenvalue weighted by Crippen LogP contribution is -2.53. The number of nitrogens with one attached hydrogen (secondary N) is 1. The zero-order valence-electron chi connectivity index (χ0n) is 14.4. The van der Waals surface area contributed by atoms with E-state index in [1.165, 1.54) is 0 Å². The maximum Gasteiger partial charge on any atom is 0.331 e. The Kier molecular flexibility index (Phi) is 7.07. The van der Waals surface area contributed by atoms with Crippen molar-refractivity contribution in [3.05, 3.63) is 11.6 Å². The lowest BCUT2D eigenvalue weighted by atomic mass is 9.76. The maximum absolute atomic E-state index is 11.6. The Morgan fingerprint density at radius 1 is 1.36 bits per heavy atom. The molecular weight excluding hydrogens is 280 g/mol. The molecular formula is C17H30N2O3. The highest BCUT2D eigenvalue weighted by Gasteiger charge is 2.37. The summed E-state index contributed by atoms with van der Waals surface area (Å²) in [6.45, 7) is 11.7. The molecule has 0 saturated heterocycles. The van der Waals surface area contributed by atoms with Crippen LogP contribution in [0.2, 0.25) is 0 Å². The molecule has 0 bridgehead atoms. The predicted octanol–water partition coefficient (Wildman–Crippen LogP) is 2.28. The molecule has 0 heterocycles. The molecule has 0 aromatic carbocycles. The van der Waals surface area contributed by atoms with Gasteiger partial charge in [0.15, 0.2) is 0 Å². The highest BCUT2D eigenvalue weighted by molar-refractivity contribution is 5.86. The van der Waals surface area contributed by atoms with E-state index in [-0.39, 0.29) is 23.9 Å². The molecule has 126 valence electrons. The van der Waals surface area contributed by atoms with Gasteiger partial charge in [0.25, 0.3) is 0 Å². The number of rotatable bonds is 7. The summed E-state index contributed by atoms with van der Waals surface area (Å²) in [7, 11) is 0. The van der Waals surface area contributed by atoms with Crippen molar-refractivity contribution in [2.24, 2.45) is 11.8 Å². The minimum Gasteiger partial charge on any atom is -0.478 e. The molecule has 5 heteroatoms. The Balaban J connectivity index is 3.10. The van der Waals surface area contributed by atoms with Gasteiger partial charge in [-0.05, 0) is 37.8 Å². The fraction of sp³-hybridized carbons (Fsp3) is 0.765. The van der Waals surface area contributed by atoms with Crippen molar-refractivity contribution < 1.29 is 14.7 Å². The number of carboxylic acid groups (broad SMARTS) is 1. The second kappa shape index (κ2) is 8.32. The predicted molar refractivity (Wildman–Crippen MR) is 87.6 cm³/mol. The standard InChI is InChI=1S/C17H30N2O3/c1-6-19(7-2)15-10-13(17(21)22)8-9-14(15)16(11(3)4)18-12(5)20/h8,11,14-16H,6-7,9-10H2,1-5H3,(H,18,20)(H,21,22)/t14-,15+,16+/m1/s1. The molecule has 1 aliphatic carbocycles. The number of carboxylic acids is 1. The van der Waals surface area contributed by atoms with Gasteiger partial charge in [0.1, 0.15) is 0 Å². The van der Waals surface area contributed by atoms with Crippen molar-refractivity contribution in [3.8, 4) is 0 Å². The van der Waals surface area contributed by atoms with Gasteiger partial charge in [-0.25, -0.2) is 4.79 Å². The summed E-state index contributed by atoms with van der Waals surface area (Å²) in [5.41, 5.74) is 0.499. The second-order valence-electron chi connectivity index (χ2n) is 6.40. The van der Waals surface area contributed by atoms with Crippen molar-refractivity contribution in [1.82, 2.24) is 10.2 Å². The Morgan fingerprint density at radius 3 is 2.36 bits per heavy atom. The molecule has 1 amide bonds. The van der Waals surface area contributed by atoms with Gasteiger partial charge in [0, 0.05) is 24.6 Å². The summed E-state index contributed by atoms with van der Waals surface area (Å²) in [4.78, 5) is 25.2. The molecule has 1 rings (SSSR count). The summed E-state index contributed by atoms with van der Waals surface area (Å²) in [5, 5.41) is 12.4. The van der Waals surface area contributed by atoms with Crippen LogP contribution in [0.3, 0.4) is 0 Å². The van der Waals surface area contributed by atoms with Crippen molar-refractivity contribution in [2.45, 2.75) is 59.5 Å². The van der Waals surface area contributed by atoms with Crippen LogP contribution in [0, 0.1) is 11.8 Å². The van der Waals surface area contributed by atoms with Crippen LogP contribution in [0.25, 0.3) is 0 Å². The lowest BCUT2D eigenvalue weighted by Gasteiger charge is -2.43. The molecule has 0 fully saturated rings. The Bertz CT molecular complexity index is 428. The normalized spacial score (nSPS) is 23.3. The summed E-state index contributed by atoms with van der Waals surface area (Å²) in [5.74, 6) is -0.292. The van der Waals surface area contributed by atoms with Gasteiger partial charge in [-0.1, -0.05) is 33.8 Å². The molecule has 0 radical (unpaired) electrons. The molecule has 0 aliphatic heterocycles. The molecule has 5 nitrogen and oxygen atoms in total. The van der Waals surface area contributed by atoms with Gasteiger partial charge in [0.2, 0.25) is 5.91 Å². The molecule has 0 aromatic rings. The van der Waals surface area contributed by atoms with E-state index in [0.717, 1.165) is 13.1 Å². The number of aliphatic carboxylic acids is 1. The van der Waals surface area contributed by atoms with Crippen molar-refractivity contribution in [3.63, 3.8) is 0 Å². The first-order chi connectivity index (χ1) is 10.3. The van der Waals surface area contributed by atoms with Crippen molar-refractivity contribution in [1.29, 1.82) is 0 Å². The smallest absolute Gasteiger partial charge is 0.331 e. The van der Waals surface area contributed by atoms with Gasteiger partial charge < -0.3 is 15.3 Å². The van der Waals surface area contributed by atoms with E-state index in [4.69, 9.17) is 0 Å². The fourth-order valence-corrected chi connectivity index (χ4v) is 3.55. The van der Waals surface area contributed by atoms with Crippen molar-refractivity contribution in [2.75, 3.05) is 13.1 Å². The van der Waals surface area contributed by atoms with Gasteiger partial charge in [0.05, 0.1) is 0 Å². The average molecular weight is 310 g/mol. The van der Waals surface area contributed by atoms with Crippen LogP contribution >= 0.6 is 0 Å². The first-order valence-corrected chi connectivity index (χ1v) is 8.25. The van der Waals surface area contributed by atoms with E-state index in [1.54, 1.807) is 6.92 Å². The summed E-state index contributed by atoms with van der Waals surface area (Å²) < 4.78 is 0. The Morgan fingerprint density at radius 2 is 1.95 bits per heavy atom. The first kappa shape index (κ1) is 18.7. The van der Waals surface area contributed by atoms with Crippen LogP contribution in [-0.2, 0) is 9.59 Å². The Labute approximate surface area is 133 Å². The van der Waals surface area contributed by atoms with E-state index in [2.05, 4.69) is 37.9 Å². The zero-order valence-corrected chi connectivity index (χ0v) is 14.4. The minimum absolute atomic E-state index is 0.0231. The lowest BCUT2D eigenvalue weighted by molar-refractivity contribution is -0.133. The molecule has 1 aliphatic rings. The highest BCUT2D eigenvalue weighted by atomic mass is 16.4. The Hall–Kier alpha value is -1.36. The largest absolute Gasteiger partial charge is 0.478 e. The number of carbonyl (C=O) groups is 2. The van der Waals surface area contributed by atoms with Gasteiger partial charge >= 0.3 is 5.97 Å². The fourth-order valence-electron chi connectivity index (χ4n) is 3.55. The summed E-state index contributed by atoms with van der Waals surface area (Å²) >= 11 is 0. The quantitative estimate of drug-likeness (QED) is 0.757. The molecule has 0 unspecified atom stereocenters. The van der Waals surface area contributed by atoms with Gasteiger partial charge in [-0.3, -0.25) is 4.79 Å². The SMILES string of the molecule is CCN(CC)[C@H]1CC(C(=O)O)=CC[C@H]1[C@@H](NC(C)=O)C(C)C. The average Bonchev–Trinajstić information content (AvgIpc) is 2.45. The summed E-state index contributed by atoms with van der Waals surface area (Å²) in [6, 6.07) is 0.222. The second-order valence-corrected chi connectivity index (χ2v) is 6.40. The number of hydrogen-bond donors (Lipinski definition) is 2. The van der Waals surface area contributed by atoms with Crippen LogP contribution < -0.4 is 5.32 Å². The third-order valence-electron chi connectivity index (χ3n) is 4.67. The number of carbonyl (C=O) groups excluding carboxylic acids is 1. The van der Waals surface area contributed by atoms with Crippen LogP contribution in [0.5, 0.6) is 0 Å². The zero-order chi connectivity index (χ0) is 16.9. The number of hydrogen-bond acceptors (Lipinski definition) is 3. The number of amides is 1. The van der Waals surface area contributed by atoms with Crippen LogP contribution in [0.4, 0.5) is 0 Å². The number of allylic oxidation sites excluding steroid dienone is 1. The van der Waals surface area contributed by atoms with Crippen LogP contribution in [0.15, 0.2) is 11.6 Å². The van der Waals surface area contributed by atoms with Gasteiger partial charge in [-0.15, -0.1) is 0 Å². The molecule has 0 aromatic heterocycles. The van der Waals surface area contributed by atoms with E-state index >= 15 is 0 Å². The molecule has 0 saturated carbocycles. The third-order valence-corrected chi connectivity index (χ3v) is 4.67. The molecule has 0 spiro atoms. The van der Waals surface area contributed by atoms with Crippen LogP contribution in [-0.4, -0.2) is 47.1 Å². The summed E-state index contributed by atoms with van der Waals surface area (Å²) in [6.07, 6.45) is 3.08. The third kappa shape index (κ3) is 4.57. The first-order valence-electron chi connectivity index (χ1n) is 8.25. The topological polar surface area (TPSA) is 69.6 Å². The van der Waals surface area contributed by atoms with E-state index < -0.39 is 5.97 Å². The van der Waals surface area contributed by atoms with Crippen LogP contribution in [0.1, 0.15) is 47.5 Å². The monoisotopic (exact) mass is 310 g/mol. The van der Waals surface area contributed by atoms with E-state index in [1.807, 2.05) is 6.08 Å². The van der Waals surface area contributed by atoms with E-state index in [0.29, 0.717) is 24.3 Å².